The number of hydrogen-bond acceptors (Lipinski definition) is 1. The first-order valence-electron chi connectivity index (χ1n) is 3.34. The number of halogens is 2. The summed E-state index contributed by atoms with van der Waals surface area (Å²) in [6, 6.07) is 5.74. The molecule has 11 heavy (non-hydrogen) atoms. The molecule has 1 unspecified atom stereocenters. The molecule has 0 spiro atoms. The van der Waals surface area contributed by atoms with E-state index in [4.69, 9.17) is 16.3 Å². The summed E-state index contributed by atoms with van der Waals surface area (Å²) in [5.41, 5.74) is 1.15. The van der Waals surface area contributed by atoms with Crippen molar-refractivity contribution < 1.29 is 4.74 Å². The van der Waals surface area contributed by atoms with Crippen LogP contribution in [0.5, 0.6) is 0 Å². The Balaban J connectivity index is 2.42. The van der Waals surface area contributed by atoms with Gasteiger partial charge in [0, 0.05) is 9.50 Å². The predicted molar refractivity (Wildman–Crippen MR) is 47.8 cm³/mol. The van der Waals surface area contributed by atoms with Crippen LogP contribution < -0.4 is 0 Å². The fraction of sp³-hybridized carbons (Fsp3) is 0.250. The lowest BCUT2D eigenvalue weighted by Crippen LogP contribution is -1.81. The van der Waals surface area contributed by atoms with Crippen LogP contribution in [-0.4, -0.2) is 6.61 Å². The lowest BCUT2D eigenvalue weighted by molar-refractivity contribution is 0.415. The predicted octanol–water partition coefficient (Wildman–Crippen LogP) is 3.17. The third-order valence-corrected chi connectivity index (χ3v) is 2.60. The van der Waals surface area contributed by atoms with Crippen molar-refractivity contribution in [2.24, 2.45) is 0 Å². The normalized spacial score (nSPS) is 21.8. The monoisotopic (exact) mass is 232 g/mol. The van der Waals surface area contributed by atoms with E-state index in [1.807, 2.05) is 18.2 Å². The summed E-state index contributed by atoms with van der Waals surface area (Å²) in [4.78, 5) is 0. The van der Waals surface area contributed by atoms with Crippen LogP contribution in [0.2, 0.25) is 5.02 Å². The van der Waals surface area contributed by atoms with Crippen molar-refractivity contribution in [3.63, 3.8) is 0 Å². The molecule has 0 radical (unpaired) electrons. The molecule has 1 aliphatic heterocycles. The van der Waals surface area contributed by atoms with Gasteiger partial charge in [-0.2, -0.15) is 0 Å². The number of benzene rings is 1. The molecule has 0 bridgehead atoms. The van der Waals surface area contributed by atoms with E-state index in [2.05, 4.69) is 15.9 Å². The van der Waals surface area contributed by atoms with Crippen LogP contribution in [0.15, 0.2) is 22.7 Å². The second kappa shape index (κ2) is 2.77. The van der Waals surface area contributed by atoms with Crippen molar-refractivity contribution in [3.8, 4) is 0 Å². The summed E-state index contributed by atoms with van der Waals surface area (Å²) in [5, 5.41) is 0.763. The smallest absolute Gasteiger partial charge is 0.107 e. The van der Waals surface area contributed by atoms with Crippen LogP contribution in [0, 0.1) is 0 Å². The molecule has 1 fully saturated rings. The highest BCUT2D eigenvalue weighted by molar-refractivity contribution is 9.10. The minimum Gasteiger partial charge on any atom is -0.368 e. The van der Waals surface area contributed by atoms with Crippen LogP contribution in [-0.2, 0) is 4.74 Å². The molecular formula is C8H6BrClO. The van der Waals surface area contributed by atoms with Gasteiger partial charge in [0.1, 0.15) is 6.10 Å². The molecule has 1 atom stereocenters. The maximum atomic E-state index is 5.81. The molecule has 3 heteroatoms. The van der Waals surface area contributed by atoms with Crippen molar-refractivity contribution in [1.29, 1.82) is 0 Å². The second-order valence-corrected chi connectivity index (χ2v) is 3.78. The fourth-order valence-corrected chi connectivity index (χ4v) is 1.67. The molecule has 0 amide bonds. The lowest BCUT2D eigenvalue weighted by atomic mass is 10.2. The fourth-order valence-electron chi connectivity index (χ4n) is 0.989. The van der Waals surface area contributed by atoms with E-state index in [0.717, 1.165) is 21.7 Å². The molecule has 1 saturated heterocycles. The van der Waals surface area contributed by atoms with Crippen LogP contribution >= 0.6 is 27.5 Å². The first kappa shape index (κ1) is 7.59. The molecular weight excluding hydrogens is 227 g/mol. The van der Waals surface area contributed by atoms with Gasteiger partial charge in [-0.1, -0.05) is 27.5 Å². The van der Waals surface area contributed by atoms with Crippen molar-refractivity contribution in [2.75, 3.05) is 6.61 Å². The van der Waals surface area contributed by atoms with Crippen LogP contribution in [0.1, 0.15) is 11.7 Å². The number of ether oxygens (including phenoxy) is 1. The van der Waals surface area contributed by atoms with Gasteiger partial charge >= 0.3 is 0 Å². The number of rotatable bonds is 1. The summed E-state index contributed by atoms with van der Waals surface area (Å²) in [6.45, 7) is 0.818. The average Bonchev–Trinajstić information content (AvgIpc) is 2.76. The van der Waals surface area contributed by atoms with Gasteiger partial charge in [-0.05, 0) is 23.8 Å². The molecule has 0 saturated carbocycles. The number of epoxide rings is 1. The first-order chi connectivity index (χ1) is 5.27. The van der Waals surface area contributed by atoms with Gasteiger partial charge in [0.05, 0.1) is 6.61 Å². The van der Waals surface area contributed by atoms with E-state index in [1.54, 1.807) is 0 Å². The Bertz CT molecular complexity index is 283. The first-order valence-corrected chi connectivity index (χ1v) is 4.51. The molecule has 1 aromatic rings. The highest BCUT2D eigenvalue weighted by atomic mass is 79.9. The molecule has 2 rings (SSSR count). The topological polar surface area (TPSA) is 12.5 Å². The Labute approximate surface area is 78.4 Å². The minimum atomic E-state index is 0.267. The second-order valence-electron chi connectivity index (χ2n) is 2.49. The van der Waals surface area contributed by atoms with Gasteiger partial charge in [0.25, 0.3) is 0 Å². The number of hydrogen-bond donors (Lipinski definition) is 0. The Morgan fingerprint density at radius 2 is 2.27 bits per heavy atom. The highest BCUT2D eigenvalue weighted by Crippen LogP contribution is 2.36. The molecule has 1 aromatic carbocycles. The largest absolute Gasteiger partial charge is 0.368 e. The molecule has 0 aliphatic carbocycles. The summed E-state index contributed by atoms with van der Waals surface area (Å²) in [6.07, 6.45) is 0.267. The summed E-state index contributed by atoms with van der Waals surface area (Å²) in [7, 11) is 0. The van der Waals surface area contributed by atoms with Crippen molar-refractivity contribution in [1.82, 2.24) is 0 Å². The summed E-state index contributed by atoms with van der Waals surface area (Å²) in [5.74, 6) is 0. The maximum absolute atomic E-state index is 5.81. The Hall–Kier alpha value is -0.0500. The molecule has 1 heterocycles. The van der Waals surface area contributed by atoms with Gasteiger partial charge in [-0.3, -0.25) is 0 Å². The zero-order chi connectivity index (χ0) is 7.84. The van der Waals surface area contributed by atoms with Gasteiger partial charge in [-0.15, -0.1) is 0 Å². The van der Waals surface area contributed by atoms with Crippen molar-refractivity contribution in [2.45, 2.75) is 6.10 Å². The standard InChI is InChI=1S/C8H6BrClO/c9-7-2-1-5(10)3-6(7)8-4-11-8/h1-3,8H,4H2. The Morgan fingerprint density at radius 3 is 2.91 bits per heavy atom. The minimum absolute atomic E-state index is 0.267. The summed E-state index contributed by atoms with van der Waals surface area (Å²) < 4.78 is 6.22. The van der Waals surface area contributed by atoms with E-state index in [0.29, 0.717) is 0 Å². The van der Waals surface area contributed by atoms with Gasteiger partial charge < -0.3 is 4.74 Å². The van der Waals surface area contributed by atoms with Crippen LogP contribution in [0.25, 0.3) is 0 Å². The SMILES string of the molecule is Clc1ccc(Br)c(C2CO2)c1. The van der Waals surface area contributed by atoms with Gasteiger partial charge in [0.2, 0.25) is 0 Å². The van der Waals surface area contributed by atoms with Gasteiger partial charge in [0.15, 0.2) is 0 Å². The Morgan fingerprint density at radius 1 is 1.55 bits per heavy atom. The average molecular weight is 233 g/mol. The van der Waals surface area contributed by atoms with E-state index >= 15 is 0 Å². The summed E-state index contributed by atoms with van der Waals surface area (Å²) >= 11 is 9.24. The molecule has 0 aromatic heterocycles. The molecule has 58 valence electrons. The third-order valence-electron chi connectivity index (χ3n) is 1.64. The highest BCUT2D eigenvalue weighted by Gasteiger charge is 2.26. The quantitative estimate of drug-likeness (QED) is 0.679. The van der Waals surface area contributed by atoms with Crippen molar-refractivity contribution >= 4 is 27.5 Å². The van der Waals surface area contributed by atoms with Crippen LogP contribution in [0.4, 0.5) is 0 Å². The zero-order valence-electron chi connectivity index (χ0n) is 5.68. The Kier molecular flexibility index (Phi) is 1.91. The van der Waals surface area contributed by atoms with Crippen molar-refractivity contribution in [3.05, 3.63) is 33.3 Å². The third kappa shape index (κ3) is 1.58. The van der Waals surface area contributed by atoms with E-state index in [9.17, 15) is 0 Å². The lowest BCUT2D eigenvalue weighted by Gasteiger charge is -1.99. The molecule has 1 nitrogen and oxygen atoms in total. The van der Waals surface area contributed by atoms with E-state index in [-0.39, 0.29) is 6.10 Å². The van der Waals surface area contributed by atoms with Crippen LogP contribution in [0.3, 0.4) is 0 Å². The van der Waals surface area contributed by atoms with E-state index in [1.165, 1.54) is 0 Å². The van der Waals surface area contributed by atoms with E-state index < -0.39 is 0 Å². The zero-order valence-corrected chi connectivity index (χ0v) is 8.02. The van der Waals surface area contributed by atoms with Gasteiger partial charge in [-0.25, -0.2) is 0 Å². The molecule has 0 N–H and O–H groups in total. The molecule has 1 aliphatic rings. The maximum Gasteiger partial charge on any atom is 0.107 e.